The van der Waals surface area contributed by atoms with Crippen molar-refractivity contribution < 1.29 is 0 Å². The number of aromatic amines is 2. The zero-order chi connectivity index (χ0) is 9.54. The van der Waals surface area contributed by atoms with Crippen molar-refractivity contribution in [1.82, 2.24) is 20.2 Å². The molecule has 0 amide bonds. The topological polar surface area (TPSA) is 74.4 Å². The minimum Gasteiger partial charge on any atom is -0.305 e. The molecule has 0 fully saturated rings. The minimum atomic E-state index is -0.222. The van der Waals surface area contributed by atoms with Crippen LogP contribution in [0.3, 0.4) is 0 Å². The van der Waals surface area contributed by atoms with Gasteiger partial charge >= 0.3 is 0 Å². The van der Waals surface area contributed by atoms with Crippen molar-refractivity contribution in [3.05, 3.63) is 34.9 Å². The van der Waals surface area contributed by atoms with Gasteiger partial charge < -0.3 is 5.10 Å². The van der Waals surface area contributed by atoms with Gasteiger partial charge in [-0.1, -0.05) is 0 Å². The van der Waals surface area contributed by atoms with Crippen LogP contribution < -0.4 is 5.56 Å². The summed E-state index contributed by atoms with van der Waals surface area (Å²) in [5, 5.41) is 5.13. The Morgan fingerprint density at radius 2 is 2.29 bits per heavy atom. The molecule has 0 spiro atoms. The van der Waals surface area contributed by atoms with Crippen LogP contribution in [0.1, 0.15) is 0 Å². The SMILES string of the molecule is O=c1[nH][nH]cc2c3ncccc3nc1-2. The maximum atomic E-state index is 11.4. The summed E-state index contributed by atoms with van der Waals surface area (Å²) >= 11 is 0. The first-order valence-electron chi connectivity index (χ1n) is 4.17. The summed E-state index contributed by atoms with van der Waals surface area (Å²) in [6, 6.07) is 3.63. The lowest BCUT2D eigenvalue weighted by Gasteiger charge is -1.93. The van der Waals surface area contributed by atoms with E-state index < -0.39 is 0 Å². The molecule has 2 aliphatic heterocycles. The molecule has 3 heterocycles. The Morgan fingerprint density at radius 1 is 1.36 bits per heavy atom. The standard InChI is InChI=1S/C9H6N4O/c14-9-8-5(4-11-13-9)7-6(12-8)2-1-3-10-7/h1-4,11H,(H,13,14). The molecule has 2 aliphatic rings. The fourth-order valence-corrected chi connectivity index (χ4v) is 1.53. The van der Waals surface area contributed by atoms with Crippen LogP contribution in [0.2, 0.25) is 0 Å². The average molecular weight is 186 g/mol. The lowest BCUT2D eigenvalue weighted by molar-refractivity contribution is 0.984. The molecule has 0 saturated carbocycles. The van der Waals surface area contributed by atoms with Crippen molar-refractivity contribution in [3.63, 3.8) is 0 Å². The molecule has 0 atom stereocenters. The first kappa shape index (κ1) is 7.25. The third kappa shape index (κ3) is 0.806. The van der Waals surface area contributed by atoms with E-state index in [0.29, 0.717) is 5.69 Å². The van der Waals surface area contributed by atoms with Crippen LogP contribution >= 0.6 is 0 Å². The van der Waals surface area contributed by atoms with Crippen molar-refractivity contribution in [1.29, 1.82) is 0 Å². The number of pyridine rings is 1. The predicted molar refractivity (Wildman–Crippen MR) is 51.1 cm³/mol. The Balaban J connectivity index is 2.61. The molecule has 14 heavy (non-hydrogen) atoms. The zero-order valence-electron chi connectivity index (χ0n) is 7.11. The highest BCUT2D eigenvalue weighted by Crippen LogP contribution is 2.24. The van der Waals surface area contributed by atoms with Gasteiger partial charge in [-0.3, -0.25) is 14.9 Å². The van der Waals surface area contributed by atoms with Gasteiger partial charge in [-0.05, 0) is 12.1 Å². The molecule has 3 rings (SSSR count). The maximum absolute atomic E-state index is 11.4. The highest BCUT2D eigenvalue weighted by atomic mass is 16.1. The van der Waals surface area contributed by atoms with Gasteiger partial charge in [0.05, 0.1) is 16.6 Å². The number of hydrogen-bond acceptors (Lipinski definition) is 3. The van der Waals surface area contributed by atoms with Crippen molar-refractivity contribution in [2.75, 3.05) is 0 Å². The van der Waals surface area contributed by atoms with Crippen molar-refractivity contribution in [2.24, 2.45) is 0 Å². The molecule has 5 nitrogen and oxygen atoms in total. The number of aromatic nitrogens is 4. The number of nitrogens with zero attached hydrogens (tertiary/aromatic N) is 2. The molecule has 2 N–H and O–H groups in total. The van der Waals surface area contributed by atoms with Crippen molar-refractivity contribution in [3.8, 4) is 11.3 Å². The summed E-state index contributed by atoms with van der Waals surface area (Å²) in [5.74, 6) is 0. The van der Waals surface area contributed by atoms with Crippen LogP contribution in [-0.2, 0) is 0 Å². The molecule has 0 aliphatic carbocycles. The Hall–Kier alpha value is -2.17. The number of fused-ring (bicyclic) bond motifs is 3. The Labute approximate surface area is 78.1 Å². The first-order chi connectivity index (χ1) is 6.86. The molecule has 1 aromatic heterocycles. The second kappa shape index (κ2) is 2.41. The van der Waals surface area contributed by atoms with E-state index in [4.69, 9.17) is 0 Å². The minimum absolute atomic E-state index is 0.222. The summed E-state index contributed by atoms with van der Waals surface area (Å²) in [5.41, 5.74) is 2.46. The largest absolute Gasteiger partial charge is 0.305 e. The summed E-state index contributed by atoms with van der Waals surface area (Å²) in [7, 11) is 0. The summed E-state index contributed by atoms with van der Waals surface area (Å²) in [6.07, 6.45) is 3.38. The molecular weight excluding hydrogens is 180 g/mol. The fourth-order valence-electron chi connectivity index (χ4n) is 1.53. The van der Waals surface area contributed by atoms with E-state index in [1.165, 1.54) is 0 Å². The number of hydrogen-bond donors (Lipinski definition) is 2. The van der Waals surface area contributed by atoms with E-state index in [1.807, 2.05) is 6.07 Å². The molecule has 5 heteroatoms. The van der Waals surface area contributed by atoms with Crippen LogP contribution in [0, 0.1) is 0 Å². The lowest BCUT2D eigenvalue weighted by atomic mass is 10.2. The van der Waals surface area contributed by atoms with Gasteiger partial charge in [0.2, 0.25) is 0 Å². The van der Waals surface area contributed by atoms with Gasteiger partial charge in [-0.15, -0.1) is 0 Å². The Bertz CT molecular complexity index is 624. The van der Waals surface area contributed by atoms with Crippen LogP contribution in [0.4, 0.5) is 0 Å². The maximum Gasteiger partial charge on any atom is 0.288 e. The molecule has 1 aromatic rings. The van der Waals surface area contributed by atoms with Gasteiger partial charge in [0.25, 0.3) is 5.56 Å². The molecule has 68 valence electrons. The van der Waals surface area contributed by atoms with E-state index in [0.717, 1.165) is 16.6 Å². The van der Waals surface area contributed by atoms with E-state index >= 15 is 0 Å². The van der Waals surface area contributed by atoms with Gasteiger partial charge in [0.15, 0.2) is 0 Å². The summed E-state index contributed by atoms with van der Waals surface area (Å²) in [6.45, 7) is 0. The van der Waals surface area contributed by atoms with Crippen LogP contribution in [0.25, 0.3) is 22.3 Å². The molecule has 0 unspecified atom stereocenters. The molecular formula is C9H6N4O. The van der Waals surface area contributed by atoms with E-state index in [9.17, 15) is 4.79 Å². The van der Waals surface area contributed by atoms with E-state index in [-0.39, 0.29) is 5.56 Å². The van der Waals surface area contributed by atoms with Gasteiger partial charge in [0, 0.05) is 12.4 Å². The van der Waals surface area contributed by atoms with Crippen LogP contribution in [0.15, 0.2) is 29.3 Å². The smallest absolute Gasteiger partial charge is 0.288 e. The van der Waals surface area contributed by atoms with Gasteiger partial charge in [-0.25, -0.2) is 4.98 Å². The second-order valence-corrected chi connectivity index (χ2v) is 2.99. The van der Waals surface area contributed by atoms with Gasteiger partial charge in [-0.2, -0.15) is 0 Å². The number of nitrogens with one attached hydrogen (secondary N) is 2. The first-order valence-corrected chi connectivity index (χ1v) is 4.17. The third-order valence-corrected chi connectivity index (χ3v) is 2.15. The second-order valence-electron chi connectivity index (χ2n) is 2.99. The fraction of sp³-hybridized carbons (Fsp3) is 0. The van der Waals surface area contributed by atoms with Crippen LogP contribution in [0.5, 0.6) is 0 Å². The average Bonchev–Trinajstić information content (AvgIpc) is 2.59. The van der Waals surface area contributed by atoms with Crippen molar-refractivity contribution >= 4 is 11.0 Å². The van der Waals surface area contributed by atoms with Crippen LogP contribution in [-0.4, -0.2) is 20.2 Å². The highest BCUT2D eigenvalue weighted by molar-refractivity contribution is 5.93. The molecule has 0 radical (unpaired) electrons. The molecule has 0 saturated heterocycles. The predicted octanol–water partition coefficient (Wildman–Crippen LogP) is 0.751. The number of rotatable bonds is 0. The van der Waals surface area contributed by atoms with Gasteiger partial charge in [0.1, 0.15) is 5.69 Å². The van der Waals surface area contributed by atoms with E-state index in [1.54, 1.807) is 18.5 Å². The zero-order valence-corrected chi connectivity index (χ0v) is 7.11. The Kier molecular flexibility index (Phi) is 1.25. The third-order valence-electron chi connectivity index (χ3n) is 2.15. The molecule has 0 aromatic carbocycles. The van der Waals surface area contributed by atoms with Crippen molar-refractivity contribution in [2.45, 2.75) is 0 Å². The van der Waals surface area contributed by atoms with E-state index in [2.05, 4.69) is 20.2 Å². The monoisotopic (exact) mass is 186 g/mol. The highest BCUT2D eigenvalue weighted by Gasteiger charge is 2.14. The normalized spacial score (nSPS) is 11.1. The number of H-pyrrole nitrogens is 2. The summed E-state index contributed by atoms with van der Waals surface area (Å²) < 4.78 is 0. The quantitative estimate of drug-likeness (QED) is 0.544. The molecule has 0 bridgehead atoms. The Morgan fingerprint density at radius 3 is 3.21 bits per heavy atom. The lowest BCUT2D eigenvalue weighted by Crippen LogP contribution is -2.10. The summed E-state index contributed by atoms with van der Waals surface area (Å²) in [4.78, 5) is 19.7.